The predicted octanol–water partition coefficient (Wildman–Crippen LogP) is 3.94. The van der Waals surface area contributed by atoms with Crippen LogP contribution in [0.2, 0.25) is 0 Å². The van der Waals surface area contributed by atoms with Crippen molar-refractivity contribution in [1.29, 1.82) is 0 Å². The van der Waals surface area contributed by atoms with Crippen LogP contribution < -0.4 is 15.0 Å². The molecule has 0 unspecified atom stereocenters. The van der Waals surface area contributed by atoms with E-state index < -0.39 is 0 Å². The second-order valence-electron chi connectivity index (χ2n) is 8.81. The Kier molecular flexibility index (Phi) is 6.24. The highest BCUT2D eigenvalue weighted by Crippen LogP contribution is 2.37. The van der Waals surface area contributed by atoms with E-state index in [4.69, 9.17) is 9.26 Å². The van der Waals surface area contributed by atoms with E-state index in [1.54, 1.807) is 13.3 Å². The maximum absolute atomic E-state index is 12.9. The predicted molar refractivity (Wildman–Crippen MR) is 124 cm³/mol. The minimum Gasteiger partial charge on any atom is -0.497 e. The van der Waals surface area contributed by atoms with Gasteiger partial charge in [-0.05, 0) is 55.5 Å². The number of ether oxygens (including phenoxy) is 1. The molecule has 1 atom stereocenters. The Morgan fingerprint density at radius 2 is 2.12 bits per heavy atom. The Hall–Kier alpha value is -3.42. The largest absolute Gasteiger partial charge is 0.497 e. The average Bonchev–Trinajstić information content (AvgIpc) is 3.31. The number of anilines is 1. The molecular formula is C25H29N5O3. The molecule has 33 heavy (non-hydrogen) atoms. The Bertz CT molecular complexity index is 1110. The van der Waals surface area contributed by atoms with Crippen molar-refractivity contribution in [3.63, 3.8) is 0 Å². The summed E-state index contributed by atoms with van der Waals surface area (Å²) in [4.78, 5) is 24.4. The maximum Gasteiger partial charge on any atom is 0.230 e. The SMILES string of the molecule is COc1cccc(CNC(=O)[C@@H]2CCCN(c3ncccc3-c3noc(C4CCC4)n3)C2)c1. The van der Waals surface area contributed by atoms with Crippen LogP contribution in [0.15, 0.2) is 47.1 Å². The molecule has 8 heteroatoms. The molecule has 3 aromatic rings. The molecule has 1 saturated carbocycles. The summed E-state index contributed by atoms with van der Waals surface area (Å²) in [6.07, 6.45) is 7.00. The number of hydrogen-bond donors (Lipinski definition) is 1. The Morgan fingerprint density at radius 3 is 2.94 bits per heavy atom. The normalized spacial score (nSPS) is 18.6. The number of carbonyl (C=O) groups excluding carboxylic acids is 1. The highest BCUT2D eigenvalue weighted by Gasteiger charge is 2.30. The third kappa shape index (κ3) is 4.69. The van der Waals surface area contributed by atoms with Crippen molar-refractivity contribution in [3.8, 4) is 17.1 Å². The number of pyridine rings is 1. The van der Waals surface area contributed by atoms with Crippen LogP contribution in [0.3, 0.4) is 0 Å². The first-order valence-electron chi connectivity index (χ1n) is 11.7. The molecule has 0 bridgehead atoms. The van der Waals surface area contributed by atoms with Crippen LogP contribution in [-0.2, 0) is 11.3 Å². The lowest BCUT2D eigenvalue weighted by Gasteiger charge is -2.33. The monoisotopic (exact) mass is 447 g/mol. The van der Waals surface area contributed by atoms with Crippen molar-refractivity contribution in [1.82, 2.24) is 20.4 Å². The van der Waals surface area contributed by atoms with Gasteiger partial charge in [0.15, 0.2) is 0 Å². The Labute approximate surface area is 193 Å². The summed E-state index contributed by atoms with van der Waals surface area (Å²) in [5, 5.41) is 7.32. The molecule has 1 aliphatic heterocycles. The molecule has 1 aliphatic carbocycles. The lowest BCUT2D eigenvalue weighted by atomic mass is 9.85. The zero-order valence-corrected chi connectivity index (χ0v) is 18.9. The summed E-state index contributed by atoms with van der Waals surface area (Å²) in [6.45, 7) is 1.94. The number of methoxy groups -OCH3 is 1. The summed E-state index contributed by atoms with van der Waals surface area (Å²) in [5.41, 5.74) is 1.87. The van der Waals surface area contributed by atoms with Crippen molar-refractivity contribution in [2.24, 2.45) is 5.92 Å². The minimum absolute atomic E-state index is 0.0619. The number of benzene rings is 1. The lowest BCUT2D eigenvalue weighted by Crippen LogP contribution is -2.43. The van der Waals surface area contributed by atoms with Gasteiger partial charge in [0, 0.05) is 31.7 Å². The first-order valence-corrected chi connectivity index (χ1v) is 11.7. The van der Waals surface area contributed by atoms with Crippen LogP contribution in [0.4, 0.5) is 5.82 Å². The number of aromatic nitrogens is 3. The van der Waals surface area contributed by atoms with Crippen LogP contribution in [0.1, 0.15) is 49.5 Å². The number of nitrogens with one attached hydrogen (secondary N) is 1. The lowest BCUT2D eigenvalue weighted by molar-refractivity contribution is -0.125. The summed E-state index contributed by atoms with van der Waals surface area (Å²) < 4.78 is 10.8. The first-order chi connectivity index (χ1) is 16.2. The van der Waals surface area contributed by atoms with Gasteiger partial charge in [-0.25, -0.2) is 4.98 Å². The van der Waals surface area contributed by atoms with E-state index in [0.29, 0.717) is 24.8 Å². The van der Waals surface area contributed by atoms with Gasteiger partial charge in [0.05, 0.1) is 18.6 Å². The quantitative estimate of drug-likeness (QED) is 0.586. The van der Waals surface area contributed by atoms with E-state index in [9.17, 15) is 4.79 Å². The molecule has 3 heterocycles. The molecule has 0 radical (unpaired) electrons. The van der Waals surface area contributed by atoms with E-state index >= 15 is 0 Å². The van der Waals surface area contributed by atoms with Crippen LogP contribution >= 0.6 is 0 Å². The van der Waals surface area contributed by atoms with Crippen LogP contribution in [0, 0.1) is 5.92 Å². The Morgan fingerprint density at radius 1 is 1.21 bits per heavy atom. The van der Waals surface area contributed by atoms with Crippen LogP contribution in [0.25, 0.3) is 11.4 Å². The summed E-state index contributed by atoms with van der Waals surface area (Å²) in [6, 6.07) is 11.6. The van der Waals surface area contributed by atoms with E-state index in [0.717, 1.165) is 60.8 Å². The van der Waals surface area contributed by atoms with Gasteiger partial charge in [-0.15, -0.1) is 0 Å². The highest BCUT2D eigenvalue weighted by atomic mass is 16.5. The highest BCUT2D eigenvalue weighted by molar-refractivity contribution is 5.80. The fourth-order valence-electron chi connectivity index (χ4n) is 4.49. The van der Waals surface area contributed by atoms with E-state index in [-0.39, 0.29) is 11.8 Å². The number of piperidine rings is 1. The van der Waals surface area contributed by atoms with Crippen molar-refractivity contribution >= 4 is 11.7 Å². The van der Waals surface area contributed by atoms with Crippen molar-refractivity contribution < 1.29 is 14.1 Å². The third-order valence-electron chi connectivity index (χ3n) is 6.62. The fourth-order valence-corrected chi connectivity index (χ4v) is 4.49. The average molecular weight is 448 g/mol. The third-order valence-corrected chi connectivity index (χ3v) is 6.62. The molecule has 1 amide bonds. The zero-order chi connectivity index (χ0) is 22.6. The van der Waals surface area contributed by atoms with E-state index in [2.05, 4.69) is 25.3 Å². The standard InChI is InChI=1S/C25H29N5O3/c1-32-20-10-2-6-17(14-20)15-27-24(31)19-9-5-13-30(16-19)23-21(11-4-12-26-23)22-28-25(33-29-22)18-7-3-8-18/h2,4,6,10-12,14,18-19H,3,5,7-9,13,15-16H2,1H3,(H,27,31)/t19-/m1/s1. The van der Waals surface area contributed by atoms with Gasteiger partial charge in [-0.2, -0.15) is 4.98 Å². The minimum atomic E-state index is -0.102. The van der Waals surface area contributed by atoms with E-state index in [1.165, 1.54) is 6.42 Å². The smallest absolute Gasteiger partial charge is 0.230 e. The Balaban J connectivity index is 1.27. The van der Waals surface area contributed by atoms with Crippen molar-refractivity contribution in [3.05, 3.63) is 54.0 Å². The number of nitrogens with zero attached hydrogens (tertiary/aromatic N) is 4. The number of carbonyl (C=O) groups is 1. The first kappa shape index (κ1) is 21.4. The fraction of sp³-hybridized carbons (Fsp3) is 0.440. The second kappa shape index (κ2) is 9.60. The van der Waals surface area contributed by atoms with Gasteiger partial charge < -0.3 is 19.5 Å². The molecule has 0 spiro atoms. The van der Waals surface area contributed by atoms with Gasteiger partial charge in [-0.3, -0.25) is 4.79 Å². The maximum atomic E-state index is 12.9. The number of rotatable bonds is 7. The summed E-state index contributed by atoms with van der Waals surface area (Å²) >= 11 is 0. The van der Waals surface area contributed by atoms with Crippen molar-refractivity contribution in [2.75, 3.05) is 25.1 Å². The molecule has 1 N–H and O–H groups in total. The van der Waals surface area contributed by atoms with Crippen LogP contribution in [0.5, 0.6) is 5.75 Å². The molecule has 2 aromatic heterocycles. The van der Waals surface area contributed by atoms with E-state index in [1.807, 2.05) is 36.4 Å². The van der Waals surface area contributed by atoms with Crippen LogP contribution in [-0.4, -0.2) is 41.2 Å². The number of hydrogen-bond acceptors (Lipinski definition) is 7. The zero-order valence-electron chi connectivity index (χ0n) is 18.9. The number of amides is 1. The molecule has 8 nitrogen and oxygen atoms in total. The summed E-state index contributed by atoms with van der Waals surface area (Å²) in [5.74, 6) is 3.24. The molecule has 2 aliphatic rings. The molecule has 1 saturated heterocycles. The second-order valence-corrected chi connectivity index (χ2v) is 8.81. The molecule has 5 rings (SSSR count). The topological polar surface area (TPSA) is 93.4 Å². The summed E-state index contributed by atoms with van der Waals surface area (Å²) in [7, 11) is 1.64. The van der Waals surface area contributed by atoms with Gasteiger partial charge in [0.25, 0.3) is 0 Å². The molecule has 172 valence electrons. The van der Waals surface area contributed by atoms with Gasteiger partial charge in [-0.1, -0.05) is 23.7 Å². The van der Waals surface area contributed by atoms with Gasteiger partial charge in [0.2, 0.25) is 17.6 Å². The molecule has 2 fully saturated rings. The van der Waals surface area contributed by atoms with Gasteiger partial charge >= 0.3 is 0 Å². The molecular weight excluding hydrogens is 418 g/mol. The van der Waals surface area contributed by atoms with Gasteiger partial charge in [0.1, 0.15) is 11.6 Å². The van der Waals surface area contributed by atoms with Crippen molar-refractivity contribution in [2.45, 2.75) is 44.6 Å². The molecule has 1 aromatic carbocycles.